The fourth-order valence-corrected chi connectivity index (χ4v) is 4.11. The summed E-state index contributed by atoms with van der Waals surface area (Å²) >= 11 is 0. The molecule has 140 valence electrons. The molecule has 0 radical (unpaired) electrons. The third-order valence-electron chi connectivity index (χ3n) is 5.47. The molecule has 4 rings (SSSR count). The molecule has 1 saturated heterocycles. The molecule has 8 nitrogen and oxygen atoms in total. The van der Waals surface area contributed by atoms with Crippen LogP contribution in [0.2, 0.25) is 0 Å². The van der Waals surface area contributed by atoms with Gasteiger partial charge in [0.05, 0.1) is 24.8 Å². The summed E-state index contributed by atoms with van der Waals surface area (Å²) in [6, 6.07) is 2.42. The number of anilines is 1. The first-order valence-corrected chi connectivity index (χ1v) is 9.48. The lowest BCUT2D eigenvalue weighted by molar-refractivity contribution is -0.118. The first-order valence-electron chi connectivity index (χ1n) is 9.48. The van der Waals surface area contributed by atoms with Crippen LogP contribution in [-0.4, -0.2) is 56.3 Å². The molecular formula is C18H27N7O. The van der Waals surface area contributed by atoms with E-state index in [9.17, 15) is 4.79 Å². The molecule has 3 heterocycles. The van der Waals surface area contributed by atoms with Crippen molar-refractivity contribution in [3.63, 3.8) is 0 Å². The molecule has 1 atom stereocenters. The van der Waals surface area contributed by atoms with Crippen LogP contribution in [0.3, 0.4) is 0 Å². The average Bonchev–Trinajstić information content (AvgIpc) is 3.37. The number of aromatic nitrogens is 4. The van der Waals surface area contributed by atoms with Gasteiger partial charge in [-0.3, -0.25) is 9.69 Å². The monoisotopic (exact) mass is 357 g/mol. The van der Waals surface area contributed by atoms with E-state index in [-0.39, 0.29) is 11.9 Å². The maximum Gasteiger partial charge on any atom is 0.239 e. The van der Waals surface area contributed by atoms with Crippen LogP contribution in [0, 0.1) is 0 Å². The number of hydrogen-bond donors (Lipinski definition) is 2. The van der Waals surface area contributed by atoms with E-state index in [0.717, 1.165) is 44.1 Å². The van der Waals surface area contributed by atoms with E-state index in [1.807, 2.05) is 34.8 Å². The smallest absolute Gasteiger partial charge is 0.239 e. The summed E-state index contributed by atoms with van der Waals surface area (Å²) in [6.07, 6.45) is 10.3. The Balaban J connectivity index is 1.42. The van der Waals surface area contributed by atoms with Crippen LogP contribution in [0.5, 0.6) is 0 Å². The van der Waals surface area contributed by atoms with Crippen LogP contribution in [0.1, 0.15) is 43.6 Å². The summed E-state index contributed by atoms with van der Waals surface area (Å²) in [6.45, 7) is 2.87. The number of imidazole rings is 1. The zero-order valence-electron chi connectivity index (χ0n) is 15.3. The van der Waals surface area contributed by atoms with Gasteiger partial charge in [-0.25, -0.2) is 9.67 Å². The van der Waals surface area contributed by atoms with Gasteiger partial charge in [0.15, 0.2) is 0 Å². The molecule has 1 aliphatic carbocycles. The Morgan fingerprint density at radius 3 is 2.96 bits per heavy atom. The molecule has 1 amide bonds. The molecule has 2 N–H and O–H groups in total. The normalized spacial score (nSPS) is 22.0. The Hall–Kier alpha value is -2.19. The number of rotatable bonds is 5. The van der Waals surface area contributed by atoms with Crippen molar-refractivity contribution in [2.24, 2.45) is 7.05 Å². The number of carbonyl (C=O) groups is 1. The summed E-state index contributed by atoms with van der Waals surface area (Å²) in [5.41, 5.74) is 0. The topological polar surface area (TPSA) is 80.0 Å². The number of hydrogen-bond acceptors (Lipinski definition) is 5. The molecular weight excluding hydrogens is 330 g/mol. The summed E-state index contributed by atoms with van der Waals surface area (Å²) in [7, 11) is 2.00. The third kappa shape index (κ3) is 3.52. The molecule has 8 heteroatoms. The van der Waals surface area contributed by atoms with Gasteiger partial charge in [-0.2, -0.15) is 5.10 Å². The average molecular weight is 357 g/mol. The molecule has 0 bridgehead atoms. The second-order valence-corrected chi connectivity index (χ2v) is 7.23. The Kier molecular flexibility index (Phi) is 5.03. The fourth-order valence-electron chi connectivity index (χ4n) is 4.11. The zero-order chi connectivity index (χ0) is 17.9. The van der Waals surface area contributed by atoms with E-state index >= 15 is 0 Å². The Morgan fingerprint density at radius 2 is 2.19 bits per heavy atom. The minimum Gasteiger partial charge on any atom is -0.337 e. The van der Waals surface area contributed by atoms with Crippen molar-refractivity contribution < 1.29 is 4.79 Å². The molecule has 2 aromatic rings. The van der Waals surface area contributed by atoms with Gasteiger partial charge in [0.1, 0.15) is 11.6 Å². The number of amides is 1. The van der Waals surface area contributed by atoms with Crippen LogP contribution in [-0.2, 0) is 11.8 Å². The predicted molar refractivity (Wildman–Crippen MR) is 98.8 cm³/mol. The zero-order valence-corrected chi connectivity index (χ0v) is 15.3. The summed E-state index contributed by atoms with van der Waals surface area (Å²) in [5, 5.41) is 10.9. The number of nitrogens with zero attached hydrogens (tertiary/aromatic N) is 5. The van der Waals surface area contributed by atoms with Gasteiger partial charge < -0.3 is 15.2 Å². The van der Waals surface area contributed by atoms with Crippen LogP contribution >= 0.6 is 0 Å². The summed E-state index contributed by atoms with van der Waals surface area (Å²) in [5.74, 6) is 1.80. The van der Waals surface area contributed by atoms with E-state index in [1.54, 1.807) is 6.20 Å². The first-order chi connectivity index (χ1) is 12.7. The third-order valence-corrected chi connectivity index (χ3v) is 5.47. The van der Waals surface area contributed by atoms with Crippen molar-refractivity contribution in [3.8, 4) is 0 Å². The van der Waals surface area contributed by atoms with E-state index < -0.39 is 0 Å². The second kappa shape index (κ2) is 7.59. The lowest BCUT2D eigenvalue weighted by Gasteiger charge is -2.35. The highest BCUT2D eigenvalue weighted by atomic mass is 16.2. The summed E-state index contributed by atoms with van der Waals surface area (Å²) < 4.78 is 4.01. The van der Waals surface area contributed by atoms with Gasteiger partial charge in [0.2, 0.25) is 5.91 Å². The number of carbonyl (C=O) groups excluding carboxylic acids is 1. The lowest BCUT2D eigenvalue weighted by atomic mass is 10.1. The Labute approximate surface area is 153 Å². The molecule has 2 aromatic heterocycles. The van der Waals surface area contributed by atoms with E-state index in [1.165, 1.54) is 12.8 Å². The highest BCUT2D eigenvalue weighted by molar-refractivity contribution is 5.91. The van der Waals surface area contributed by atoms with Crippen LogP contribution < -0.4 is 10.6 Å². The van der Waals surface area contributed by atoms with Gasteiger partial charge in [0, 0.05) is 45.1 Å². The number of piperazine rings is 1. The number of aryl methyl sites for hydroxylation is 1. The SMILES string of the molecule is Cn1ccnc1C1CNCCN1CC(=O)Nc1ccnn1C1CCCC1. The van der Waals surface area contributed by atoms with Gasteiger partial charge in [-0.05, 0) is 12.8 Å². The predicted octanol–water partition coefficient (Wildman–Crippen LogP) is 1.32. The molecule has 2 fully saturated rings. The van der Waals surface area contributed by atoms with Crippen LogP contribution in [0.4, 0.5) is 5.82 Å². The van der Waals surface area contributed by atoms with E-state index in [0.29, 0.717) is 12.6 Å². The van der Waals surface area contributed by atoms with Crippen molar-refractivity contribution in [1.29, 1.82) is 0 Å². The quantitative estimate of drug-likeness (QED) is 0.844. The fraction of sp³-hybridized carbons (Fsp3) is 0.611. The number of nitrogens with one attached hydrogen (secondary N) is 2. The molecule has 26 heavy (non-hydrogen) atoms. The minimum absolute atomic E-state index is 0.00542. The maximum atomic E-state index is 12.7. The Bertz CT molecular complexity index is 746. The van der Waals surface area contributed by atoms with Crippen LogP contribution in [0.15, 0.2) is 24.7 Å². The van der Waals surface area contributed by atoms with Crippen LogP contribution in [0.25, 0.3) is 0 Å². The molecule has 1 unspecified atom stereocenters. The van der Waals surface area contributed by atoms with Crippen molar-refractivity contribution in [2.75, 3.05) is 31.5 Å². The maximum absolute atomic E-state index is 12.7. The van der Waals surface area contributed by atoms with Crippen molar-refractivity contribution >= 4 is 11.7 Å². The van der Waals surface area contributed by atoms with E-state index in [2.05, 4.69) is 25.6 Å². The largest absolute Gasteiger partial charge is 0.337 e. The molecule has 0 aromatic carbocycles. The standard InChI is InChI=1S/C18H27N7O/c1-23-10-9-20-18(23)15-12-19-8-11-24(15)13-17(26)22-16-6-7-21-25(16)14-4-2-3-5-14/h6-7,9-10,14-15,19H,2-5,8,11-13H2,1H3,(H,22,26). The van der Waals surface area contributed by atoms with Gasteiger partial charge >= 0.3 is 0 Å². The first kappa shape index (κ1) is 17.2. The van der Waals surface area contributed by atoms with Crippen molar-refractivity contribution in [2.45, 2.75) is 37.8 Å². The van der Waals surface area contributed by atoms with E-state index in [4.69, 9.17) is 0 Å². The van der Waals surface area contributed by atoms with Gasteiger partial charge in [-0.15, -0.1) is 0 Å². The molecule has 1 saturated carbocycles. The van der Waals surface area contributed by atoms with Gasteiger partial charge in [-0.1, -0.05) is 12.8 Å². The summed E-state index contributed by atoms with van der Waals surface area (Å²) in [4.78, 5) is 19.4. The lowest BCUT2D eigenvalue weighted by Crippen LogP contribution is -2.49. The van der Waals surface area contributed by atoms with Gasteiger partial charge in [0.25, 0.3) is 0 Å². The Morgan fingerprint density at radius 1 is 1.35 bits per heavy atom. The molecule has 0 spiro atoms. The molecule has 1 aliphatic heterocycles. The minimum atomic E-state index is 0.00542. The van der Waals surface area contributed by atoms with Crippen molar-refractivity contribution in [3.05, 3.63) is 30.5 Å². The second-order valence-electron chi connectivity index (χ2n) is 7.23. The molecule has 2 aliphatic rings. The highest BCUT2D eigenvalue weighted by Crippen LogP contribution is 2.31. The highest BCUT2D eigenvalue weighted by Gasteiger charge is 2.28. The van der Waals surface area contributed by atoms with Crippen molar-refractivity contribution in [1.82, 2.24) is 29.5 Å².